The van der Waals surface area contributed by atoms with Crippen LogP contribution in [0.3, 0.4) is 0 Å². The van der Waals surface area contributed by atoms with Gasteiger partial charge in [-0.1, -0.05) is 17.7 Å². The predicted octanol–water partition coefficient (Wildman–Crippen LogP) is 2.23. The molecule has 0 atom stereocenters. The Morgan fingerprint density at radius 3 is 2.38 bits per heavy atom. The number of rotatable bonds is 5. The maximum atomic E-state index is 12.3. The number of benzene rings is 1. The number of aromatic nitrogens is 2. The number of nitrogens with one attached hydrogen (secondary N) is 1. The zero-order valence-corrected chi connectivity index (χ0v) is 17.6. The molecule has 2 heterocycles. The van der Waals surface area contributed by atoms with Crippen molar-refractivity contribution in [3.63, 3.8) is 0 Å². The Morgan fingerprint density at radius 1 is 1.07 bits per heavy atom. The summed E-state index contributed by atoms with van der Waals surface area (Å²) in [4.78, 5) is 28.7. The second-order valence-corrected chi connectivity index (χ2v) is 7.90. The standard InChI is InChI=1S/C21H24ClN5O2/c1-13-17(14(2)25(3)24-13)12-23-18-19(21(29)20(18)28)27-9-7-26(8-10-27)16-6-4-5-15(22)11-16/h4-6,11,23H,7-10,12H2,1-3H3. The lowest BCUT2D eigenvalue weighted by atomic mass is 10.1. The fraction of sp³-hybridized carbons (Fsp3) is 0.381. The summed E-state index contributed by atoms with van der Waals surface area (Å²) in [5.74, 6) is 0. The summed E-state index contributed by atoms with van der Waals surface area (Å²) in [5.41, 5.74) is 4.20. The van der Waals surface area contributed by atoms with E-state index in [1.54, 1.807) is 0 Å². The van der Waals surface area contributed by atoms with Crippen LogP contribution in [0.15, 0.2) is 33.9 Å². The van der Waals surface area contributed by atoms with Crippen LogP contribution in [0.25, 0.3) is 0 Å². The molecule has 0 spiro atoms. The van der Waals surface area contributed by atoms with Crippen molar-refractivity contribution in [3.8, 4) is 0 Å². The lowest BCUT2D eigenvalue weighted by Gasteiger charge is -2.38. The van der Waals surface area contributed by atoms with Crippen LogP contribution in [-0.4, -0.2) is 36.0 Å². The first-order valence-electron chi connectivity index (χ1n) is 9.68. The molecule has 1 aromatic heterocycles. The third kappa shape index (κ3) is 3.51. The molecule has 3 aromatic rings. The number of nitrogens with zero attached hydrogens (tertiary/aromatic N) is 4. The number of hydrogen-bond acceptors (Lipinski definition) is 6. The molecule has 8 heteroatoms. The van der Waals surface area contributed by atoms with Gasteiger partial charge in [0.15, 0.2) is 0 Å². The summed E-state index contributed by atoms with van der Waals surface area (Å²) in [6.07, 6.45) is 0. The molecule has 1 saturated heterocycles. The van der Waals surface area contributed by atoms with Gasteiger partial charge in [0, 0.05) is 61.7 Å². The van der Waals surface area contributed by atoms with Crippen molar-refractivity contribution in [1.82, 2.24) is 9.78 Å². The quantitative estimate of drug-likeness (QED) is 0.647. The van der Waals surface area contributed by atoms with Gasteiger partial charge in [-0.05, 0) is 32.0 Å². The van der Waals surface area contributed by atoms with Gasteiger partial charge in [-0.15, -0.1) is 0 Å². The average molecular weight is 414 g/mol. The van der Waals surface area contributed by atoms with Crippen LogP contribution in [0.4, 0.5) is 17.1 Å². The highest BCUT2D eigenvalue weighted by atomic mass is 35.5. The molecule has 1 aliphatic rings. The topological polar surface area (TPSA) is 70.5 Å². The molecular weight excluding hydrogens is 390 g/mol. The monoisotopic (exact) mass is 413 g/mol. The highest BCUT2D eigenvalue weighted by Gasteiger charge is 2.29. The van der Waals surface area contributed by atoms with Crippen LogP contribution in [0.1, 0.15) is 17.0 Å². The zero-order chi connectivity index (χ0) is 20.7. The molecule has 1 N–H and O–H groups in total. The average Bonchev–Trinajstić information content (AvgIpc) is 2.96. The van der Waals surface area contributed by atoms with Crippen LogP contribution in [0.5, 0.6) is 0 Å². The molecule has 0 saturated carbocycles. The van der Waals surface area contributed by atoms with E-state index in [4.69, 9.17) is 11.6 Å². The summed E-state index contributed by atoms with van der Waals surface area (Å²) in [7, 11) is 1.90. The van der Waals surface area contributed by atoms with Crippen molar-refractivity contribution >= 4 is 28.7 Å². The van der Waals surface area contributed by atoms with Crippen LogP contribution >= 0.6 is 11.6 Å². The third-order valence-electron chi connectivity index (χ3n) is 5.76. The fourth-order valence-electron chi connectivity index (χ4n) is 3.96. The van der Waals surface area contributed by atoms with Crippen molar-refractivity contribution in [3.05, 3.63) is 66.7 Å². The lowest BCUT2D eigenvalue weighted by Crippen LogP contribution is -2.51. The maximum Gasteiger partial charge on any atom is 0.253 e. The van der Waals surface area contributed by atoms with Gasteiger partial charge in [-0.3, -0.25) is 14.3 Å². The van der Waals surface area contributed by atoms with Gasteiger partial charge in [0.05, 0.1) is 5.69 Å². The second kappa shape index (κ2) is 7.55. The Hall–Kier alpha value is -2.80. The molecule has 0 aliphatic carbocycles. The summed E-state index contributed by atoms with van der Waals surface area (Å²) in [6.45, 7) is 7.30. The lowest BCUT2D eigenvalue weighted by molar-refractivity contribution is 0.650. The summed E-state index contributed by atoms with van der Waals surface area (Å²) in [6, 6.07) is 7.77. The molecule has 2 aromatic carbocycles. The zero-order valence-electron chi connectivity index (χ0n) is 16.8. The van der Waals surface area contributed by atoms with Crippen molar-refractivity contribution in [2.45, 2.75) is 20.4 Å². The summed E-state index contributed by atoms with van der Waals surface area (Å²) < 4.78 is 1.82. The van der Waals surface area contributed by atoms with E-state index in [-0.39, 0.29) is 0 Å². The van der Waals surface area contributed by atoms with Gasteiger partial charge in [0.2, 0.25) is 0 Å². The van der Waals surface area contributed by atoms with Crippen LogP contribution in [-0.2, 0) is 13.6 Å². The molecular formula is C21H24ClN5O2. The molecule has 4 rings (SSSR count). The van der Waals surface area contributed by atoms with E-state index in [1.165, 1.54) is 0 Å². The Labute approximate surface area is 174 Å². The van der Waals surface area contributed by atoms with E-state index in [2.05, 4.69) is 15.3 Å². The van der Waals surface area contributed by atoms with Crippen molar-refractivity contribution in [2.24, 2.45) is 7.05 Å². The number of aryl methyl sites for hydroxylation is 2. The first kappa shape index (κ1) is 19.5. The highest BCUT2D eigenvalue weighted by Crippen LogP contribution is 2.26. The molecule has 7 nitrogen and oxygen atoms in total. The third-order valence-corrected chi connectivity index (χ3v) is 5.99. The Bertz CT molecular complexity index is 1120. The second-order valence-electron chi connectivity index (χ2n) is 7.46. The largest absolute Gasteiger partial charge is 0.376 e. The number of anilines is 3. The van der Waals surface area contributed by atoms with Gasteiger partial charge in [-0.25, -0.2) is 0 Å². The van der Waals surface area contributed by atoms with Gasteiger partial charge in [0.25, 0.3) is 10.9 Å². The van der Waals surface area contributed by atoms with Gasteiger partial charge < -0.3 is 15.1 Å². The Kier molecular flexibility index (Phi) is 5.08. The SMILES string of the molecule is Cc1nn(C)c(C)c1CNc1c(N2CCN(c3cccc(Cl)c3)CC2)c(=O)c1=O. The van der Waals surface area contributed by atoms with E-state index in [0.717, 1.165) is 35.7 Å². The predicted molar refractivity (Wildman–Crippen MR) is 117 cm³/mol. The molecule has 29 heavy (non-hydrogen) atoms. The van der Waals surface area contributed by atoms with Crippen molar-refractivity contribution in [2.75, 3.05) is 41.3 Å². The molecule has 152 valence electrons. The first-order valence-corrected chi connectivity index (χ1v) is 10.1. The minimum atomic E-state index is -0.434. The number of halogens is 1. The minimum Gasteiger partial charge on any atom is -0.376 e. The molecule has 0 bridgehead atoms. The Balaban J connectivity index is 1.46. The van der Waals surface area contributed by atoms with Gasteiger partial charge in [0.1, 0.15) is 11.4 Å². The normalized spacial score (nSPS) is 14.6. The van der Waals surface area contributed by atoms with Crippen molar-refractivity contribution < 1.29 is 0 Å². The molecule has 0 amide bonds. The van der Waals surface area contributed by atoms with Gasteiger partial charge >= 0.3 is 0 Å². The van der Waals surface area contributed by atoms with Crippen LogP contribution in [0, 0.1) is 13.8 Å². The summed E-state index contributed by atoms with van der Waals surface area (Å²) in [5, 5.41) is 8.30. The van der Waals surface area contributed by atoms with E-state index in [0.29, 0.717) is 36.0 Å². The van der Waals surface area contributed by atoms with E-state index >= 15 is 0 Å². The smallest absolute Gasteiger partial charge is 0.253 e. The molecule has 1 aliphatic heterocycles. The Morgan fingerprint density at radius 2 is 1.76 bits per heavy atom. The number of piperazine rings is 1. The molecule has 1 fully saturated rings. The van der Waals surface area contributed by atoms with Crippen LogP contribution < -0.4 is 26.0 Å². The fourth-order valence-corrected chi connectivity index (χ4v) is 4.14. The van der Waals surface area contributed by atoms with Gasteiger partial charge in [-0.2, -0.15) is 5.10 Å². The number of hydrogen-bond donors (Lipinski definition) is 1. The minimum absolute atomic E-state index is 0.400. The molecule has 0 unspecified atom stereocenters. The first-order chi connectivity index (χ1) is 13.9. The van der Waals surface area contributed by atoms with E-state index < -0.39 is 10.9 Å². The summed E-state index contributed by atoms with van der Waals surface area (Å²) >= 11 is 6.10. The molecule has 0 radical (unpaired) electrons. The maximum absolute atomic E-state index is 12.3. The van der Waals surface area contributed by atoms with E-state index in [1.807, 2.05) is 54.7 Å². The van der Waals surface area contributed by atoms with Crippen molar-refractivity contribution in [1.29, 1.82) is 0 Å². The highest BCUT2D eigenvalue weighted by molar-refractivity contribution is 6.30. The van der Waals surface area contributed by atoms with E-state index in [9.17, 15) is 9.59 Å². The van der Waals surface area contributed by atoms with Crippen LogP contribution in [0.2, 0.25) is 5.02 Å².